The van der Waals surface area contributed by atoms with E-state index in [2.05, 4.69) is 5.32 Å². The second-order valence-corrected chi connectivity index (χ2v) is 6.15. The summed E-state index contributed by atoms with van der Waals surface area (Å²) in [5, 5.41) is 4.66. The Kier molecular flexibility index (Phi) is 4.76. The van der Waals surface area contributed by atoms with Crippen LogP contribution in [0.4, 0.5) is 0 Å². The molecule has 0 aliphatic heterocycles. The maximum Gasteiger partial charge on any atom is 0.328 e. The van der Waals surface area contributed by atoms with Crippen LogP contribution in [-0.2, 0) is 9.53 Å². The average molecular weight is 290 g/mol. The summed E-state index contributed by atoms with van der Waals surface area (Å²) in [5.74, 6) is -0.836. The number of carbonyl (C=O) groups is 2. The Balaban J connectivity index is 2.60. The Labute approximate surface area is 115 Å². The van der Waals surface area contributed by atoms with Crippen LogP contribution in [0.25, 0.3) is 0 Å². The van der Waals surface area contributed by atoms with Gasteiger partial charge in [0, 0.05) is 0 Å². The molecule has 0 unspecified atom stereocenters. The SMILES string of the molecule is C[C@H](NC(=O)c1sccc1Cl)C(=O)OC(C)(C)C. The summed E-state index contributed by atoms with van der Waals surface area (Å²) in [5.41, 5.74) is -0.573. The van der Waals surface area contributed by atoms with Gasteiger partial charge < -0.3 is 10.1 Å². The molecule has 1 N–H and O–H groups in total. The summed E-state index contributed by atoms with van der Waals surface area (Å²) in [4.78, 5) is 23.9. The van der Waals surface area contributed by atoms with Gasteiger partial charge in [-0.05, 0) is 39.1 Å². The van der Waals surface area contributed by atoms with Gasteiger partial charge in [0.15, 0.2) is 0 Å². The third-order valence-electron chi connectivity index (χ3n) is 1.93. The maximum absolute atomic E-state index is 11.8. The molecule has 0 aliphatic rings. The standard InChI is InChI=1S/C12H16ClNO3S/c1-7(11(16)17-12(2,3)4)14-10(15)9-8(13)5-6-18-9/h5-7H,1-4H3,(H,14,15)/t7-/m0/s1. The lowest BCUT2D eigenvalue weighted by molar-refractivity contribution is -0.156. The Hall–Kier alpha value is -1.07. The van der Waals surface area contributed by atoms with Gasteiger partial charge in [0.1, 0.15) is 16.5 Å². The predicted octanol–water partition coefficient (Wildman–Crippen LogP) is 2.86. The lowest BCUT2D eigenvalue weighted by Crippen LogP contribution is -2.42. The van der Waals surface area contributed by atoms with E-state index in [1.54, 1.807) is 39.1 Å². The van der Waals surface area contributed by atoms with Gasteiger partial charge in [0.25, 0.3) is 5.91 Å². The predicted molar refractivity (Wildman–Crippen MR) is 72.1 cm³/mol. The van der Waals surface area contributed by atoms with Gasteiger partial charge in [0.05, 0.1) is 5.02 Å². The Morgan fingerprint density at radius 2 is 2.06 bits per heavy atom. The molecule has 1 aromatic heterocycles. The molecule has 0 saturated heterocycles. The minimum Gasteiger partial charge on any atom is -0.458 e. The van der Waals surface area contributed by atoms with Gasteiger partial charge in [-0.3, -0.25) is 4.79 Å². The number of halogens is 1. The lowest BCUT2D eigenvalue weighted by Gasteiger charge is -2.22. The lowest BCUT2D eigenvalue weighted by atomic mass is 10.2. The smallest absolute Gasteiger partial charge is 0.328 e. The minimum absolute atomic E-state index is 0.367. The molecule has 0 radical (unpaired) electrons. The van der Waals surface area contributed by atoms with Crippen molar-refractivity contribution in [3.05, 3.63) is 21.3 Å². The van der Waals surface area contributed by atoms with E-state index in [0.29, 0.717) is 9.90 Å². The zero-order valence-electron chi connectivity index (χ0n) is 10.7. The van der Waals surface area contributed by atoms with Crippen molar-refractivity contribution in [2.45, 2.75) is 39.3 Å². The van der Waals surface area contributed by atoms with Crippen LogP contribution in [0.3, 0.4) is 0 Å². The first-order valence-corrected chi connectivity index (χ1v) is 6.73. The summed E-state index contributed by atoms with van der Waals surface area (Å²) >= 11 is 7.07. The quantitative estimate of drug-likeness (QED) is 0.871. The van der Waals surface area contributed by atoms with Crippen LogP contribution >= 0.6 is 22.9 Å². The molecule has 0 fully saturated rings. The van der Waals surface area contributed by atoms with Crippen LogP contribution in [0.2, 0.25) is 5.02 Å². The molecule has 1 rings (SSSR count). The second kappa shape index (κ2) is 5.71. The molecule has 0 spiro atoms. The molecule has 100 valence electrons. The molecule has 1 heterocycles. The molecule has 0 aromatic carbocycles. The van der Waals surface area contributed by atoms with Crippen LogP contribution in [0.1, 0.15) is 37.4 Å². The van der Waals surface area contributed by atoms with Crippen LogP contribution in [0, 0.1) is 0 Å². The number of hydrogen-bond donors (Lipinski definition) is 1. The molecule has 6 heteroatoms. The number of hydrogen-bond acceptors (Lipinski definition) is 4. The van der Waals surface area contributed by atoms with Gasteiger partial charge in [-0.15, -0.1) is 11.3 Å². The summed E-state index contributed by atoms with van der Waals surface area (Å²) < 4.78 is 5.16. The van der Waals surface area contributed by atoms with Crippen LogP contribution in [0.5, 0.6) is 0 Å². The van der Waals surface area contributed by atoms with Gasteiger partial charge in [-0.2, -0.15) is 0 Å². The molecule has 4 nitrogen and oxygen atoms in total. The fourth-order valence-corrected chi connectivity index (χ4v) is 2.21. The summed E-state index contributed by atoms with van der Waals surface area (Å²) in [6, 6.07) is 0.925. The number of carbonyl (C=O) groups excluding carboxylic acids is 2. The third kappa shape index (κ3) is 4.31. The van der Waals surface area contributed by atoms with Crippen molar-refractivity contribution in [1.82, 2.24) is 5.32 Å². The largest absolute Gasteiger partial charge is 0.458 e. The van der Waals surface area contributed by atoms with E-state index in [1.807, 2.05) is 0 Å². The van der Waals surface area contributed by atoms with E-state index >= 15 is 0 Å². The Bertz CT molecular complexity index is 450. The molecule has 18 heavy (non-hydrogen) atoms. The van der Waals surface area contributed by atoms with Crippen molar-refractivity contribution >= 4 is 34.8 Å². The first-order valence-electron chi connectivity index (χ1n) is 5.47. The van der Waals surface area contributed by atoms with Crippen molar-refractivity contribution in [2.24, 2.45) is 0 Å². The number of nitrogens with one attached hydrogen (secondary N) is 1. The third-order valence-corrected chi connectivity index (χ3v) is 3.27. The van der Waals surface area contributed by atoms with Gasteiger partial charge in [-0.1, -0.05) is 11.6 Å². The minimum atomic E-state index is -0.713. The highest BCUT2D eigenvalue weighted by atomic mass is 35.5. The first-order chi connectivity index (χ1) is 8.20. The summed E-state index contributed by atoms with van der Waals surface area (Å²) in [6.07, 6.45) is 0. The van der Waals surface area contributed by atoms with Crippen LogP contribution in [0.15, 0.2) is 11.4 Å². The maximum atomic E-state index is 11.8. The molecule has 0 bridgehead atoms. The van der Waals surface area contributed by atoms with E-state index in [9.17, 15) is 9.59 Å². The highest BCUT2D eigenvalue weighted by Gasteiger charge is 2.24. The highest BCUT2D eigenvalue weighted by Crippen LogP contribution is 2.21. The summed E-state index contributed by atoms with van der Waals surface area (Å²) in [7, 11) is 0. The Morgan fingerprint density at radius 3 is 2.50 bits per heavy atom. The number of thiophene rings is 1. The van der Waals surface area contributed by atoms with Crippen molar-refractivity contribution in [3.63, 3.8) is 0 Å². The van der Waals surface area contributed by atoms with E-state index in [-0.39, 0.29) is 5.91 Å². The van der Waals surface area contributed by atoms with E-state index in [0.717, 1.165) is 0 Å². The number of amides is 1. The van der Waals surface area contributed by atoms with E-state index in [1.165, 1.54) is 11.3 Å². The highest BCUT2D eigenvalue weighted by molar-refractivity contribution is 7.12. The van der Waals surface area contributed by atoms with E-state index in [4.69, 9.17) is 16.3 Å². The van der Waals surface area contributed by atoms with Gasteiger partial charge in [-0.25, -0.2) is 4.79 Å². The molecule has 1 amide bonds. The van der Waals surface area contributed by atoms with Gasteiger partial charge >= 0.3 is 5.97 Å². The number of ether oxygens (including phenoxy) is 1. The number of rotatable bonds is 3. The van der Waals surface area contributed by atoms with Crippen molar-refractivity contribution in [2.75, 3.05) is 0 Å². The van der Waals surface area contributed by atoms with Crippen molar-refractivity contribution in [1.29, 1.82) is 0 Å². The molecular formula is C12H16ClNO3S. The van der Waals surface area contributed by atoms with Gasteiger partial charge in [0.2, 0.25) is 0 Å². The normalized spacial score (nSPS) is 12.9. The molecule has 0 aliphatic carbocycles. The van der Waals surface area contributed by atoms with E-state index < -0.39 is 17.6 Å². The molecule has 1 atom stereocenters. The fourth-order valence-electron chi connectivity index (χ4n) is 1.17. The monoisotopic (exact) mass is 289 g/mol. The topological polar surface area (TPSA) is 55.4 Å². The molecular weight excluding hydrogens is 274 g/mol. The van der Waals surface area contributed by atoms with Crippen molar-refractivity contribution in [3.8, 4) is 0 Å². The van der Waals surface area contributed by atoms with Crippen molar-refractivity contribution < 1.29 is 14.3 Å². The zero-order valence-corrected chi connectivity index (χ0v) is 12.3. The van der Waals surface area contributed by atoms with Crippen LogP contribution in [-0.4, -0.2) is 23.5 Å². The molecule has 1 aromatic rings. The Morgan fingerprint density at radius 1 is 1.44 bits per heavy atom. The average Bonchev–Trinajstić information content (AvgIpc) is 2.61. The fraction of sp³-hybridized carbons (Fsp3) is 0.500. The zero-order chi connectivity index (χ0) is 13.9. The molecule has 0 saturated carbocycles. The first kappa shape index (κ1) is 15.0. The number of esters is 1. The summed E-state index contributed by atoms with van der Waals surface area (Å²) in [6.45, 7) is 6.90. The van der Waals surface area contributed by atoms with Crippen LogP contribution < -0.4 is 5.32 Å². The second-order valence-electron chi connectivity index (χ2n) is 4.83.